The molecule has 3 aliphatic rings. The Morgan fingerprint density at radius 3 is 1.41 bits per heavy atom. The maximum atomic E-state index is 13.5. The number of carboxylic acids is 1. The number of nitrogens with one attached hydrogen (secondary N) is 2. The normalized spacial score (nSPS) is 27.9. The van der Waals surface area contributed by atoms with E-state index in [0.717, 1.165) is 51.9 Å². The van der Waals surface area contributed by atoms with Gasteiger partial charge >= 0.3 is 5.97 Å². The fourth-order valence-electron chi connectivity index (χ4n) is 13.1. The SMILES string of the molecule is CCCCCCCCCCCCCCCCC/C=C/C(O)C(COC1OC(CO)C(OC2OC(CO)C(O)C(OC3(C(=O)O)CC(O)C(NC(C)=O)C(C(O)C(O)CO)O3)C2O)C(O)C1O)NC(=O)CCCCCCCCCCCCCCCCCCCCCCCCC. The van der Waals surface area contributed by atoms with E-state index in [1.54, 1.807) is 6.08 Å². The second kappa shape index (κ2) is 51.6. The van der Waals surface area contributed by atoms with Gasteiger partial charge in [0.1, 0.15) is 67.1 Å². The number of rotatable bonds is 57. The molecule has 3 aliphatic heterocycles. The number of allylic oxidation sites excluding steroid dienone is 1. The number of ether oxygens (including phenoxy) is 6. The predicted octanol–water partition coefficient (Wildman–Crippen LogP) is 7.85. The van der Waals surface area contributed by atoms with Gasteiger partial charge in [-0.1, -0.05) is 257 Å². The van der Waals surface area contributed by atoms with E-state index in [-0.39, 0.29) is 12.3 Å². The van der Waals surface area contributed by atoms with Gasteiger partial charge in [0.2, 0.25) is 11.8 Å². The summed E-state index contributed by atoms with van der Waals surface area (Å²) in [7, 11) is 0. The summed E-state index contributed by atoms with van der Waals surface area (Å²) in [6, 6.07) is -2.61. The molecule has 18 unspecified atom stereocenters. The fourth-order valence-corrected chi connectivity index (χ4v) is 13.1. The number of aliphatic hydroxyl groups excluding tert-OH is 11. The molecule has 18 atom stereocenters. The van der Waals surface area contributed by atoms with Crippen LogP contribution in [0.1, 0.15) is 284 Å². The monoisotopic (exact) mass is 1350 g/mol. The van der Waals surface area contributed by atoms with Crippen molar-refractivity contribution in [1.82, 2.24) is 10.6 Å². The number of hydrogen-bond donors (Lipinski definition) is 14. The van der Waals surface area contributed by atoms with Crippen LogP contribution in [-0.2, 0) is 42.8 Å². The Morgan fingerprint density at radius 2 is 0.989 bits per heavy atom. The lowest BCUT2D eigenvalue weighted by Gasteiger charge is -2.50. The molecule has 3 saturated heterocycles. The molecule has 0 saturated carbocycles. The second-order valence-corrected chi connectivity index (χ2v) is 27.2. The largest absolute Gasteiger partial charge is 0.477 e. The fraction of sp³-hybridized carbons (Fsp3) is 0.930. The predicted molar refractivity (Wildman–Crippen MR) is 357 cm³/mol. The van der Waals surface area contributed by atoms with Crippen LogP contribution in [0, 0.1) is 0 Å². The van der Waals surface area contributed by atoms with Crippen LogP contribution in [0.15, 0.2) is 12.2 Å². The van der Waals surface area contributed by atoms with Gasteiger partial charge in [0.05, 0.1) is 50.7 Å². The van der Waals surface area contributed by atoms with Crippen molar-refractivity contribution in [2.45, 2.75) is 394 Å². The van der Waals surface area contributed by atoms with Gasteiger partial charge in [-0.3, -0.25) is 9.59 Å². The molecule has 552 valence electrons. The first kappa shape index (κ1) is 85.7. The summed E-state index contributed by atoms with van der Waals surface area (Å²) in [6.45, 7) is 2.17. The van der Waals surface area contributed by atoms with E-state index in [2.05, 4.69) is 24.5 Å². The highest BCUT2D eigenvalue weighted by molar-refractivity contribution is 5.77. The van der Waals surface area contributed by atoms with E-state index in [9.17, 15) is 75.7 Å². The van der Waals surface area contributed by atoms with Crippen molar-refractivity contribution in [2.24, 2.45) is 0 Å². The van der Waals surface area contributed by atoms with Gasteiger partial charge in [-0.05, 0) is 19.3 Å². The standard InChI is InChI=1S/C71H132N2O21/c1-4-6-8-10-12-14-16-18-20-22-23-24-25-26-27-29-31-33-35-37-39-41-43-45-58(81)73-52(53(78)44-42-40-38-36-34-32-30-28-21-19-17-15-13-11-9-7-5-2)50-89-68-63(85)62(84)65(57(49-76)91-68)92-69-64(86)67(61(83)56(48-75)90-69)94-71(70(87)88)46-54(79)59(72-51(3)77)66(93-71)60(82)55(80)47-74/h42,44,52-57,59-69,74-76,78-80,82-86H,4-41,43,45-50H2,1-3H3,(H,72,77)(H,73,81)(H,87,88)/b44-42+. The first-order valence-electron chi connectivity index (χ1n) is 37.1. The molecular weight excluding hydrogens is 1220 g/mol. The Labute approximate surface area is 562 Å². The zero-order chi connectivity index (χ0) is 68.9. The topological polar surface area (TPSA) is 373 Å². The Kier molecular flexibility index (Phi) is 47.0. The zero-order valence-corrected chi connectivity index (χ0v) is 57.8. The lowest BCUT2D eigenvalue weighted by Crippen LogP contribution is -2.70. The van der Waals surface area contributed by atoms with Crippen LogP contribution in [0.25, 0.3) is 0 Å². The van der Waals surface area contributed by atoms with E-state index >= 15 is 0 Å². The minimum absolute atomic E-state index is 0.205. The highest BCUT2D eigenvalue weighted by Crippen LogP contribution is 2.39. The van der Waals surface area contributed by atoms with Crippen molar-refractivity contribution < 1.29 is 104 Å². The van der Waals surface area contributed by atoms with Gasteiger partial charge in [-0.2, -0.15) is 0 Å². The maximum absolute atomic E-state index is 13.5. The van der Waals surface area contributed by atoms with Gasteiger partial charge in [-0.25, -0.2) is 4.79 Å². The van der Waals surface area contributed by atoms with E-state index in [0.29, 0.717) is 12.8 Å². The summed E-state index contributed by atoms with van der Waals surface area (Å²) in [4.78, 5) is 38.6. The molecule has 3 fully saturated rings. The number of carboxylic acid groups (broad SMARTS) is 1. The van der Waals surface area contributed by atoms with Gasteiger partial charge in [-0.15, -0.1) is 0 Å². The minimum atomic E-state index is -3.08. The molecule has 0 aromatic heterocycles. The maximum Gasteiger partial charge on any atom is 0.364 e. The molecule has 0 bridgehead atoms. The average Bonchev–Trinajstić information content (AvgIpc) is 0.759. The molecule has 23 nitrogen and oxygen atoms in total. The van der Waals surface area contributed by atoms with E-state index in [1.807, 2.05) is 6.08 Å². The van der Waals surface area contributed by atoms with E-state index in [1.165, 1.54) is 193 Å². The molecule has 3 rings (SSSR count). The highest BCUT2D eigenvalue weighted by Gasteiger charge is 2.60. The quantitative estimate of drug-likeness (QED) is 0.0203. The summed E-state index contributed by atoms with van der Waals surface area (Å²) in [5, 5.41) is 136. The lowest BCUT2D eigenvalue weighted by atomic mass is 9.88. The van der Waals surface area contributed by atoms with Gasteiger partial charge < -0.3 is 100 Å². The Hall–Kier alpha value is -2.53. The first-order valence-corrected chi connectivity index (χ1v) is 37.1. The molecule has 0 radical (unpaired) electrons. The molecule has 23 heteroatoms. The Balaban J connectivity index is 1.56. The summed E-state index contributed by atoms with van der Waals surface area (Å²) >= 11 is 0. The third-order valence-corrected chi connectivity index (χ3v) is 19.0. The molecule has 14 N–H and O–H groups in total. The summed E-state index contributed by atoms with van der Waals surface area (Å²) in [5.41, 5.74) is 0. The van der Waals surface area contributed by atoms with Crippen LogP contribution in [0.5, 0.6) is 0 Å². The third-order valence-electron chi connectivity index (χ3n) is 19.0. The molecule has 0 aromatic rings. The third kappa shape index (κ3) is 33.1. The van der Waals surface area contributed by atoms with Crippen LogP contribution in [0.2, 0.25) is 0 Å². The Bertz CT molecular complexity index is 1940. The second-order valence-electron chi connectivity index (χ2n) is 27.2. The molecule has 3 heterocycles. The number of amides is 2. The van der Waals surface area contributed by atoms with Gasteiger partial charge in [0.15, 0.2) is 12.6 Å². The lowest BCUT2D eigenvalue weighted by molar-refractivity contribution is -0.386. The first-order chi connectivity index (χ1) is 45.4. The number of carbonyl (C=O) groups excluding carboxylic acids is 2. The van der Waals surface area contributed by atoms with E-state index < -0.39 is 155 Å². The van der Waals surface area contributed by atoms with Crippen molar-refractivity contribution in [1.29, 1.82) is 0 Å². The molecule has 2 amide bonds. The Morgan fingerprint density at radius 1 is 0.553 bits per heavy atom. The van der Waals surface area contributed by atoms with Crippen LogP contribution in [0.4, 0.5) is 0 Å². The van der Waals surface area contributed by atoms with Crippen molar-refractivity contribution in [3.8, 4) is 0 Å². The van der Waals surface area contributed by atoms with Crippen LogP contribution in [-0.4, -0.2) is 215 Å². The molecular formula is C71H132N2O21. The molecule has 94 heavy (non-hydrogen) atoms. The average molecular weight is 1350 g/mol. The number of unbranched alkanes of at least 4 members (excludes halogenated alkanes) is 37. The van der Waals surface area contributed by atoms with Crippen LogP contribution in [0.3, 0.4) is 0 Å². The summed E-state index contributed by atoms with van der Waals surface area (Å²) in [6.07, 6.45) is 22.5. The molecule has 0 spiro atoms. The van der Waals surface area contributed by atoms with Crippen molar-refractivity contribution in [3.63, 3.8) is 0 Å². The minimum Gasteiger partial charge on any atom is -0.477 e. The zero-order valence-electron chi connectivity index (χ0n) is 57.8. The van der Waals surface area contributed by atoms with Gasteiger partial charge in [0.25, 0.3) is 5.79 Å². The summed E-state index contributed by atoms with van der Waals surface area (Å²) in [5.74, 6) is -6.13. The van der Waals surface area contributed by atoms with Crippen LogP contribution >= 0.6 is 0 Å². The van der Waals surface area contributed by atoms with Crippen molar-refractivity contribution in [3.05, 3.63) is 12.2 Å². The molecule has 0 aromatic carbocycles. The number of hydrogen-bond acceptors (Lipinski definition) is 20. The number of aliphatic carboxylic acids is 1. The van der Waals surface area contributed by atoms with Crippen molar-refractivity contribution in [2.75, 3.05) is 26.4 Å². The van der Waals surface area contributed by atoms with Crippen LogP contribution < -0.4 is 10.6 Å². The molecule has 0 aliphatic carbocycles. The smallest absolute Gasteiger partial charge is 0.364 e. The van der Waals surface area contributed by atoms with E-state index in [4.69, 9.17) is 28.4 Å². The highest BCUT2D eigenvalue weighted by atomic mass is 16.8. The van der Waals surface area contributed by atoms with Gasteiger partial charge in [0, 0.05) is 19.8 Å². The van der Waals surface area contributed by atoms with Crippen molar-refractivity contribution >= 4 is 17.8 Å². The summed E-state index contributed by atoms with van der Waals surface area (Å²) < 4.78 is 34.8. The number of aliphatic hydroxyl groups is 11. The number of carbonyl (C=O) groups is 3.